The maximum Gasteiger partial charge on any atom is 0.411 e. The van der Waals surface area contributed by atoms with Gasteiger partial charge in [0.2, 0.25) is 17.7 Å². The number of nitrogens with zero attached hydrogens (tertiary/aromatic N) is 9. The SMILES string of the molecule is CC(C)(C)OC(=O)N(CC(=O)N1CCCC(c2cccc(C(=O)N(CC(=O)N3CCN(CC4CCN(CC(=O)N5CCN(C(=O)c6cc(Cc7n[nH]c(=O)c8ccccc78)ccc6F)CC5)CC4)CC3)C3CCCCC3)c2)C1)C1CC1. The average Bonchev–Trinajstić information content (AvgIpc) is 4.34. The molecule has 6 amide bonds. The molecule has 6 aliphatic rings. The van der Waals surface area contributed by atoms with Crippen LogP contribution in [0, 0.1) is 11.7 Å². The number of rotatable bonds is 15. The highest BCUT2D eigenvalue weighted by atomic mass is 19.1. The number of hydrogen-bond donors (Lipinski definition) is 1. The van der Waals surface area contributed by atoms with Crippen molar-refractivity contribution < 1.29 is 37.9 Å². The van der Waals surface area contributed by atoms with Gasteiger partial charge in [0.15, 0.2) is 0 Å². The van der Waals surface area contributed by atoms with Crippen molar-refractivity contribution in [3.05, 3.63) is 111 Å². The monoisotopic (exact) mass is 1110 g/mol. The number of likely N-dealkylation sites (tertiary alicyclic amines) is 2. The minimum atomic E-state index is -0.651. The molecule has 19 heteroatoms. The molecule has 0 bridgehead atoms. The maximum atomic E-state index is 15.2. The molecule has 0 spiro atoms. The fourth-order valence-corrected chi connectivity index (χ4v) is 12.7. The lowest BCUT2D eigenvalue weighted by Gasteiger charge is -2.40. The summed E-state index contributed by atoms with van der Waals surface area (Å²) in [6.07, 6.45) is 10.2. The number of H-pyrrole nitrogens is 1. The minimum Gasteiger partial charge on any atom is -0.444 e. The zero-order valence-electron chi connectivity index (χ0n) is 47.6. The number of ether oxygens (including phenoxy) is 1. The van der Waals surface area contributed by atoms with Gasteiger partial charge < -0.3 is 29.2 Å². The summed E-state index contributed by atoms with van der Waals surface area (Å²) in [5.74, 6) is -0.703. The van der Waals surface area contributed by atoms with Gasteiger partial charge in [-0.2, -0.15) is 5.10 Å². The third-order valence-corrected chi connectivity index (χ3v) is 17.5. The third kappa shape index (κ3) is 14.5. The van der Waals surface area contributed by atoms with Crippen LogP contribution in [0.1, 0.15) is 135 Å². The van der Waals surface area contributed by atoms with Crippen LogP contribution in [0.2, 0.25) is 0 Å². The molecule has 5 heterocycles. The molecule has 0 radical (unpaired) electrons. The first-order valence-electron chi connectivity index (χ1n) is 29.8. The highest BCUT2D eigenvalue weighted by Crippen LogP contribution is 2.32. The summed E-state index contributed by atoms with van der Waals surface area (Å²) >= 11 is 0. The number of benzene rings is 3. The molecular weight excluding hydrogens is 1030 g/mol. The Morgan fingerprint density at radius 2 is 1.30 bits per heavy atom. The second-order valence-corrected chi connectivity index (χ2v) is 24.5. The quantitative estimate of drug-likeness (QED) is 0.140. The van der Waals surface area contributed by atoms with E-state index in [4.69, 9.17) is 4.74 Å². The maximum absolute atomic E-state index is 15.2. The number of nitrogens with one attached hydrogen (secondary N) is 1. The van der Waals surface area contributed by atoms with Crippen LogP contribution in [-0.2, 0) is 25.5 Å². The van der Waals surface area contributed by atoms with Gasteiger partial charge in [0.25, 0.3) is 17.4 Å². The normalized spacial score (nSPS) is 20.1. The van der Waals surface area contributed by atoms with E-state index in [-0.39, 0.29) is 65.8 Å². The van der Waals surface area contributed by atoms with Crippen LogP contribution in [0.4, 0.5) is 9.18 Å². The Balaban J connectivity index is 0.655. The second-order valence-electron chi connectivity index (χ2n) is 24.5. The van der Waals surface area contributed by atoms with E-state index in [0.29, 0.717) is 98.8 Å². The molecule has 1 unspecified atom stereocenters. The Morgan fingerprint density at radius 3 is 2.01 bits per heavy atom. The van der Waals surface area contributed by atoms with Crippen molar-refractivity contribution in [2.24, 2.45) is 5.92 Å². The molecule has 18 nitrogen and oxygen atoms in total. The lowest BCUT2D eigenvalue weighted by molar-refractivity contribution is -0.135. The van der Waals surface area contributed by atoms with Crippen LogP contribution in [-0.4, -0.2) is 207 Å². The van der Waals surface area contributed by atoms with Gasteiger partial charge in [-0.15, -0.1) is 0 Å². The summed E-state index contributed by atoms with van der Waals surface area (Å²) < 4.78 is 20.8. The van der Waals surface area contributed by atoms with Gasteiger partial charge in [0, 0.05) is 107 Å². The Kier molecular flexibility index (Phi) is 18.2. The second kappa shape index (κ2) is 25.6. The lowest BCUT2D eigenvalue weighted by atomic mass is 9.89. The third-order valence-electron chi connectivity index (χ3n) is 17.5. The van der Waals surface area contributed by atoms with Gasteiger partial charge >= 0.3 is 6.09 Å². The predicted molar refractivity (Wildman–Crippen MR) is 305 cm³/mol. The first-order chi connectivity index (χ1) is 39.0. The number of carbonyl (C=O) groups is 6. The first-order valence-corrected chi connectivity index (χ1v) is 29.8. The molecular formula is C62H81FN10O8. The van der Waals surface area contributed by atoms with Crippen LogP contribution in [0.25, 0.3) is 10.8 Å². The Bertz CT molecular complexity index is 2990. The number of piperidine rings is 2. The first kappa shape index (κ1) is 57.5. The fourth-order valence-electron chi connectivity index (χ4n) is 12.7. The molecule has 81 heavy (non-hydrogen) atoms. The van der Waals surface area contributed by atoms with Crippen molar-refractivity contribution in [2.45, 2.75) is 121 Å². The van der Waals surface area contributed by atoms with Gasteiger partial charge in [0.05, 0.1) is 23.2 Å². The number of fused-ring (bicyclic) bond motifs is 1. The van der Waals surface area contributed by atoms with Gasteiger partial charge in [-0.05, 0) is 133 Å². The number of carbonyl (C=O) groups excluding carboxylic acids is 6. The van der Waals surface area contributed by atoms with Crippen molar-refractivity contribution >= 4 is 46.4 Å². The molecule has 4 aliphatic heterocycles. The van der Waals surface area contributed by atoms with E-state index in [9.17, 15) is 33.6 Å². The van der Waals surface area contributed by atoms with E-state index in [1.807, 2.05) is 71.9 Å². The topological polar surface area (TPSA) is 183 Å². The van der Waals surface area contributed by atoms with Crippen molar-refractivity contribution in [2.75, 3.05) is 105 Å². The molecule has 1 aromatic heterocycles. The molecule has 1 N–H and O–H groups in total. The highest BCUT2D eigenvalue weighted by molar-refractivity contribution is 5.97. The summed E-state index contributed by atoms with van der Waals surface area (Å²) in [4.78, 5) is 110. The average molecular weight is 1110 g/mol. The van der Waals surface area contributed by atoms with E-state index in [1.54, 1.807) is 39.0 Å². The van der Waals surface area contributed by atoms with Crippen molar-refractivity contribution in [1.82, 2.24) is 49.4 Å². The van der Waals surface area contributed by atoms with Crippen LogP contribution < -0.4 is 5.56 Å². The van der Waals surface area contributed by atoms with Gasteiger partial charge in [-0.1, -0.05) is 55.7 Å². The molecule has 4 aromatic rings. The van der Waals surface area contributed by atoms with Crippen LogP contribution in [0.15, 0.2) is 71.5 Å². The zero-order chi connectivity index (χ0) is 56.8. The van der Waals surface area contributed by atoms with Crippen LogP contribution >= 0.6 is 0 Å². The number of aromatic amines is 1. The van der Waals surface area contributed by atoms with Gasteiger partial charge in [0.1, 0.15) is 24.5 Å². The largest absolute Gasteiger partial charge is 0.444 e. The van der Waals surface area contributed by atoms with E-state index >= 15 is 4.39 Å². The van der Waals surface area contributed by atoms with Crippen LogP contribution in [0.3, 0.4) is 0 Å². The summed E-state index contributed by atoms with van der Waals surface area (Å²) in [5.41, 5.74) is 1.92. The lowest BCUT2D eigenvalue weighted by Crippen LogP contribution is -2.54. The molecule has 1 atom stereocenters. The fraction of sp³-hybridized carbons (Fsp3) is 0.581. The molecule has 2 aliphatic carbocycles. The van der Waals surface area contributed by atoms with Crippen molar-refractivity contribution in [3.8, 4) is 0 Å². The molecule has 10 rings (SSSR count). The van der Waals surface area contributed by atoms with Gasteiger partial charge in [-0.25, -0.2) is 14.3 Å². The van der Waals surface area contributed by atoms with E-state index < -0.39 is 23.4 Å². The standard InChI is InChI=1S/C62H81FN10O8/c1-62(2,3)81-61(80)73(49-19-20-49)42-57(76)71-24-10-13-47(39-71)45-11-9-12-46(37-45)59(78)72(48-14-5-4-6-15-48)41-56(75)68-29-27-67(28-30-68)38-43-22-25-66(26-23-43)40-55(74)69-31-33-70(34-32-69)60(79)52-35-44(18-21-53(52)63)36-54-50-16-7-8-17-51(50)58(77)65-64-54/h7-9,11-12,16-18,21,35,37,43,47-49H,4-6,10,13-15,19-20,22-34,36,38-42H2,1-3H3,(H,65,77). The summed E-state index contributed by atoms with van der Waals surface area (Å²) in [5, 5.41) is 7.99. The molecule has 2 saturated carbocycles. The Morgan fingerprint density at radius 1 is 0.642 bits per heavy atom. The molecule has 3 aromatic carbocycles. The minimum absolute atomic E-state index is 0.00392. The predicted octanol–water partition coefficient (Wildman–Crippen LogP) is 6.37. The zero-order valence-corrected chi connectivity index (χ0v) is 47.6. The summed E-state index contributed by atoms with van der Waals surface area (Å²) in [7, 11) is 0. The van der Waals surface area contributed by atoms with E-state index in [2.05, 4.69) is 20.0 Å². The van der Waals surface area contributed by atoms with E-state index in [0.717, 1.165) is 109 Å². The van der Waals surface area contributed by atoms with Gasteiger partial charge in [-0.3, -0.25) is 43.5 Å². The van der Waals surface area contributed by atoms with Crippen LogP contribution in [0.5, 0.6) is 0 Å². The number of piperazine rings is 2. The Hall–Kier alpha value is -6.73. The number of aromatic nitrogens is 2. The Labute approximate surface area is 474 Å². The van der Waals surface area contributed by atoms with Crippen molar-refractivity contribution in [3.63, 3.8) is 0 Å². The number of halogens is 1. The smallest absolute Gasteiger partial charge is 0.411 e. The van der Waals surface area contributed by atoms with Crippen molar-refractivity contribution in [1.29, 1.82) is 0 Å². The molecule has 6 fully saturated rings. The summed E-state index contributed by atoms with van der Waals surface area (Å²) in [6, 6.07) is 19.5. The number of amides is 6. The highest BCUT2D eigenvalue weighted by Gasteiger charge is 2.39. The molecule has 434 valence electrons. The van der Waals surface area contributed by atoms with E-state index in [1.165, 1.54) is 6.07 Å². The number of hydrogen-bond acceptors (Lipinski definition) is 11. The summed E-state index contributed by atoms with van der Waals surface area (Å²) in [6.45, 7) is 13.7. The molecule has 4 saturated heterocycles.